The van der Waals surface area contributed by atoms with Gasteiger partial charge in [-0.3, -0.25) is 14.1 Å². The summed E-state index contributed by atoms with van der Waals surface area (Å²) in [5, 5.41) is -4.74. The number of halogens is 2. The van der Waals surface area contributed by atoms with Crippen LogP contribution in [0.1, 0.15) is 65.2 Å². The quantitative estimate of drug-likeness (QED) is 0.185. The first-order valence-corrected chi connectivity index (χ1v) is 14.7. The molecule has 4 aliphatic carbocycles. The number of carbonyl (C=O) groups is 4. The topological polar surface area (TPSA) is 160 Å². The number of hydrogen-bond acceptors (Lipinski definition) is 10. The summed E-state index contributed by atoms with van der Waals surface area (Å²) in [6.45, 7) is 2.52. The SMILES string of the molecule is CC(OC(=O)CCC(=O)OC1CC(C(=O)OC2(C)CC3CC2C2C4CCC(C4)C32)OC1=O)C(F)(F)S(=O)(=O)O. The van der Waals surface area contributed by atoms with Gasteiger partial charge < -0.3 is 18.9 Å². The van der Waals surface area contributed by atoms with E-state index in [9.17, 15) is 36.4 Å². The van der Waals surface area contributed by atoms with E-state index < -0.39 is 76.0 Å². The van der Waals surface area contributed by atoms with Crippen LogP contribution in [0.25, 0.3) is 0 Å². The van der Waals surface area contributed by atoms with Gasteiger partial charge in [0.25, 0.3) is 0 Å². The summed E-state index contributed by atoms with van der Waals surface area (Å²) in [5.74, 6) is -0.406. The first-order chi connectivity index (χ1) is 18.1. The van der Waals surface area contributed by atoms with E-state index >= 15 is 0 Å². The monoisotopic (exact) mass is 578 g/mol. The van der Waals surface area contributed by atoms with E-state index in [4.69, 9.17) is 18.8 Å². The molecule has 0 aromatic heterocycles. The minimum atomic E-state index is -5.82. The molecule has 0 spiro atoms. The summed E-state index contributed by atoms with van der Waals surface area (Å²) in [6.07, 6.45) is -1.21. The van der Waals surface area contributed by atoms with Crippen LogP contribution in [0.5, 0.6) is 0 Å². The van der Waals surface area contributed by atoms with Gasteiger partial charge in [0.1, 0.15) is 5.60 Å². The fraction of sp³-hybridized carbons (Fsp3) is 0.840. The van der Waals surface area contributed by atoms with Gasteiger partial charge in [0.15, 0.2) is 6.10 Å². The molecule has 1 aliphatic heterocycles. The third-order valence-corrected chi connectivity index (χ3v) is 10.6. The molecule has 10 atom stereocenters. The van der Waals surface area contributed by atoms with Gasteiger partial charge in [-0.25, -0.2) is 9.59 Å². The molecular weight excluding hydrogens is 546 g/mol. The molecule has 0 radical (unpaired) electrons. The highest BCUT2D eigenvalue weighted by molar-refractivity contribution is 7.86. The molecule has 11 nitrogen and oxygen atoms in total. The molecule has 1 heterocycles. The lowest BCUT2D eigenvalue weighted by atomic mass is 9.66. The molecule has 1 saturated heterocycles. The number of cyclic esters (lactones) is 1. The smallest absolute Gasteiger partial charge is 0.405 e. The fourth-order valence-electron chi connectivity index (χ4n) is 8.03. The molecule has 0 aromatic rings. The number of hydrogen-bond donors (Lipinski definition) is 1. The molecule has 4 bridgehead atoms. The number of fused-ring (bicyclic) bond motifs is 9. The van der Waals surface area contributed by atoms with E-state index in [1.165, 1.54) is 19.3 Å². The highest BCUT2D eigenvalue weighted by Gasteiger charge is 2.67. The van der Waals surface area contributed by atoms with Crippen LogP contribution in [0.15, 0.2) is 0 Å². The van der Waals surface area contributed by atoms with Crippen molar-refractivity contribution in [3.63, 3.8) is 0 Å². The third-order valence-electron chi connectivity index (χ3n) is 9.54. The summed E-state index contributed by atoms with van der Waals surface area (Å²) in [6, 6.07) is 0. The van der Waals surface area contributed by atoms with E-state index in [0.717, 1.165) is 24.7 Å². The number of carbonyl (C=O) groups excluding carboxylic acids is 4. The predicted octanol–water partition coefficient (Wildman–Crippen LogP) is 2.41. The first kappa shape index (κ1) is 28.2. The zero-order valence-electron chi connectivity index (χ0n) is 21.5. The summed E-state index contributed by atoms with van der Waals surface area (Å²) in [5.41, 5.74) is -0.627. The fourth-order valence-corrected chi connectivity index (χ4v) is 8.50. The molecule has 4 saturated carbocycles. The van der Waals surface area contributed by atoms with Crippen molar-refractivity contribution < 1.29 is 59.9 Å². The highest BCUT2D eigenvalue weighted by Crippen LogP contribution is 2.70. The number of alkyl halides is 2. The van der Waals surface area contributed by atoms with Gasteiger partial charge in [-0.05, 0) is 75.5 Å². The lowest BCUT2D eigenvalue weighted by molar-refractivity contribution is -0.181. The van der Waals surface area contributed by atoms with Crippen LogP contribution in [0.4, 0.5) is 8.78 Å². The number of ether oxygens (including phenoxy) is 4. The van der Waals surface area contributed by atoms with Crippen molar-refractivity contribution in [2.75, 3.05) is 0 Å². The Morgan fingerprint density at radius 3 is 2.38 bits per heavy atom. The second-order valence-corrected chi connectivity index (χ2v) is 13.3. The van der Waals surface area contributed by atoms with Crippen molar-refractivity contribution in [1.82, 2.24) is 0 Å². The molecule has 5 fully saturated rings. The van der Waals surface area contributed by atoms with Crippen molar-refractivity contribution in [2.45, 2.75) is 94.4 Å². The van der Waals surface area contributed by atoms with E-state index in [-0.39, 0.29) is 12.3 Å². The Balaban J connectivity index is 1.08. The average molecular weight is 579 g/mol. The second kappa shape index (κ2) is 9.64. The molecular formula is C25H32F2O11S. The Hall–Kier alpha value is -2.35. The van der Waals surface area contributed by atoms with Gasteiger partial charge in [-0.2, -0.15) is 17.2 Å². The summed E-state index contributed by atoms with van der Waals surface area (Å²) in [7, 11) is -5.82. The Morgan fingerprint density at radius 1 is 1.08 bits per heavy atom. The molecule has 5 rings (SSSR count). The van der Waals surface area contributed by atoms with E-state index in [1.54, 1.807) is 0 Å². The van der Waals surface area contributed by atoms with Crippen LogP contribution in [-0.4, -0.2) is 66.0 Å². The first-order valence-electron chi connectivity index (χ1n) is 13.3. The number of rotatable bonds is 9. The molecule has 0 aromatic carbocycles. The molecule has 0 amide bonds. The lowest BCUT2D eigenvalue weighted by Crippen LogP contribution is -2.47. The van der Waals surface area contributed by atoms with Gasteiger partial charge >= 0.3 is 39.2 Å². The normalized spacial score (nSPS) is 39.3. The van der Waals surface area contributed by atoms with Crippen LogP contribution in [0.2, 0.25) is 0 Å². The second-order valence-electron chi connectivity index (χ2n) is 11.8. The van der Waals surface area contributed by atoms with Crippen molar-refractivity contribution in [1.29, 1.82) is 0 Å². The minimum absolute atomic E-state index is 0.258. The summed E-state index contributed by atoms with van der Waals surface area (Å²) < 4.78 is 77.3. The zero-order valence-corrected chi connectivity index (χ0v) is 22.4. The zero-order chi connectivity index (χ0) is 28.5. The van der Waals surface area contributed by atoms with Crippen LogP contribution in [0.3, 0.4) is 0 Å². The Morgan fingerprint density at radius 2 is 1.72 bits per heavy atom. The molecule has 5 aliphatic rings. The van der Waals surface area contributed by atoms with Crippen molar-refractivity contribution >= 4 is 34.0 Å². The van der Waals surface area contributed by atoms with Crippen LogP contribution >= 0.6 is 0 Å². The molecule has 1 N–H and O–H groups in total. The minimum Gasteiger partial charge on any atom is -0.456 e. The molecule has 14 heteroatoms. The Bertz CT molecular complexity index is 1170. The maximum absolute atomic E-state index is 13.5. The number of esters is 4. The van der Waals surface area contributed by atoms with E-state index in [0.29, 0.717) is 24.7 Å². The lowest BCUT2D eigenvalue weighted by Gasteiger charge is -2.44. The van der Waals surface area contributed by atoms with Crippen molar-refractivity contribution in [3.8, 4) is 0 Å². The standard InChI is InChI=1S/C25H32F2O11S/c1-11(25(26,27)39(32,33)34)35-18(28)5-6-19(29)36-16-9-17(37-22(16)30)23(31)38-24(2)10-14-8-15(24)21-13-4-3-12(7-13)20(14)21/h11-17,20-21H,3-10H2,1-2H3,(H,32,33,34). The van der Waals surface area contributed by atoms with Gasteiger partial charge in [-0.15, -0.1) is 0 Å². The maximum Gasteiger partial charge on any atom is 0.405 e. The average Bonchev–Trinajstić information content (AvgIpc) is 3.63. The Labute approximate surface area is 224 Å². The van der Waals surface area contributed by atoms with Crippen molar-refractivity contribution in [2.24, 2.45) is 35.5 Å². The van der Waals surface area contributed by atoms with Crippen LogP contribution in [-0.2, 0) is 48.2 Å². The van der Waals surface area contributed by atoms with Gasteiger partial charge in [-0.1, -0.05) is 0 Å². The maximum atomic E-state index is 13.5. The van der Waals surface area contributed by atoms with E-state index in [1.807, 2.05) is 6.92 Å². The highest BCUT2D eigenvalue weighted by atomic mass is 32.2. The molecule has 218 valence electrons. The third kappa shape index (κ3) is 4.91. The van der Waals surface area contributed by atoms with Gasteiger partial charge in [0.05, 0.1) is 12.8 Å². The largest absolute Gasteiger partial charge is 0.456 e. The van der Waals surface area contributed by atoms with Crippen LogP contribution < -0.4 is 0 Å². The van der Waals surface area contributed by atoms with Crippen molar-refractivity contribution in [3.05, 3.63) is 0 Å². The predicted molar refractivity (Wildman–Crippen MR) is 124 cm³/mol. The van der Waals surface area contributed by atoms with Gasteiger partial charge in [0.2, 0.25) is 12.2 Å². The van der Waals surface area contributed by atoms with Crippen LogP contribution in [0, 0.1) is 35.5 Å². The molecule has 10 unspecified atom stereocenters. The van der Waals surface area contributed by atoms with Gasteiger partial charge in [0, 0.05) is 12.3 Å². The summed E-state index contributed by atoms with van der Waals surface area (Å²) >= 11 is 0. The van der Waals surface area contributed by atoms with E-state index in [2.05, 4.69) is 4.74 Å². The summed E-state index contributed by atoms with van der Waals surface area (Å²) in [4.78, 5) is 49.0. The Kier molecular flexibility index (Phi) is 6.96. The molecule has 39 heavy (non-hydrogen) atoms.